The summed E-state index contributed by atoms with van der Waals surface area (Å²) in [4.78, 5) is 4.83. The van der Waals surface area contributed by atoms with Crippen LogP contribution in [0.3, 0.4) is 0 Å². The molecule has 0 unspecified atom stereocenters. The molecular formula is C19H21N3O. The minimum absolute atomic E-state index is 0.486. The highest BCUT2D eigenvalue weighted by Crippen LogP contribution is 2.29. The van der Waals surface area contributed by atoms with Crippen LogP contribution in [0.1, 0.15) is 12.6 Å². The number of pyridine rings is 1. The summed E-state index contributed by atoms with van der Waals surface area (Å²) in [5, 5.41) is 0. The fourth-order valence-corrected chi connectivity index (χ4v) is 2.61. The Labute approximate surface area is 136 Å². The Kier molecular flexibility index (Phi) is 4.44. The lowest BCUT2D eigenvalue weighted by atomic mass is 10.1. The highest BCUT2D eigenvalue weighted by molar-refractivity contribution is 5.69. The molecule has 0 aliphatic rings. The van der Waals surface area contributed by atoms with Crippen LogP contribution in [0.2, 0.25) is 0 Å². The van der Waals surface area contributed by atoms with E-state index in [1.54, 1.807) is 0 Å². The SMILES string of the molecule is C=C(C)COc1cccn2c(CCN)c(-c3ccccc3)nc12. The number of aromatic nitrogens is 2. The summed E-state index contributed by atoms with van der Waals surface area (Å²) in [6.45, 7) is 6.89. The summed E-state index contributed by atoms with van der Waals surface area (Å²) >= 11 is 0. The van der Waals surface area contributed by atoms with Crippen LogP contribution in [0.4, 0.5) is 0 Å². The van der Waals surface area contributed by atoms with Crippen molar-refractivity contribution in [2.45, 2.75) is 13.3 Å². The molecule has 0 aliphatic heterocycles. The Morgan fingerprint density at radius 1 is 1.22 bits per heavy atom. The fourth-order valence-electron chi connectivity index (χ4n) is 2.61. The van der Waals surface area contributed by atoms with E-state index in [0.29, 0.717) is 13.2 Å². The van der Waals surface area contributed by atoms with Crippen LogP contribution in [0.15, 0.2) is 60.8 Å². The van der Waals surface area contributed by atoms with Crippen LogP contribution < -0.4 is 10.5 Å². The first kappa shape index (κ1) is 15.3. The molecule has 0 aliphatic carbocycles. The van der Waals surface area contributed by atoms with Crippen molar-refractivity contribution in [2.24, 2.45) is 5.73 Å². The third-order valence-corrected chi connectivity index (χ3v) is 3.62. The number of rotatable bonds is 6. The molecule has 118 valence electrons. The molecule has 4 nitrogen and oxygen atoms in total. The number of benzene rings is 1. The van der Waals surface area contributed by atoms with Crippen molar-refractivity contribution in [3.05, 3.63) is 66.5 Å². The maximum atomic E-state index is 5.85. The van der Waals surface area contributed by atoms with E-state index in [2.05, 4.69) is 23.1 Å². The quantitative estimate of drug-likeness (QED) is 0.710. The summed E-state index contributed by atoms with van der Waals surface area (Å²) in [7, 11) is 0. The van der Waals surface area contributed by atoms with E-state index in [4.69, 9.17) is 15.5 Å². The van der Waals surface area contributed by atoms with E-state index in [-0.39, 0.29) is 0 Å². The normalized spacial score (nSPS) is 10.9. The number of hydrogen-bond donors (Lipinski definition) is 1. The first-order valence-electron chi connectivity index (χ1n) is 7.73. The van der Waals surface area contributed by atoms with Crippen molar-refractivity contribution in [3.63, 3.8) is 0 Å². The molecular weight excluding hydrogens is 286 g/mol. The molecule has 0 bridgehead atoms. The largest absolute Gasteiger partial charge is 0.485 e. The van der Waals surface area contributed by atoms with Gasteiger partial charge < -0.3 is 14.9 Å². The zero-order valence-electron chi connectivity index (χ0n) is 13.3. The van der Waals surface area contributed by atoms with Crippen LogP contribution in [-0.2, 0) is 6.42 Å². The summed E-state index contributed by atoms with van der Waals surface area (Å²) in [6, 6.07) is 14.1. The van der Waals surface area contributed by atoms with Gasteiger partial charge in [0.25, 0.3) is 0 Å². The fraction of sp³-hybridized carbons (Fsp3) is 0.211. The van der Waals surface area contributed by atoms with E-state index in [1.165, 1.54) is 0 Å². The standard InChI is InChI=1S/C19H21N3O/c1-14(2)13-23-17-9-6-12-22-16(10-11-20)18(21-19(17)22)15-7-4-3-5-8-15/h3-9,12H,1,10-11,13,20H2,2H3. The second-order valence-electron chi connectivity index (χ2n) is 5.62. The first-order chi connectivity index (χ1) is 11.2. The molecule has 0 saturated carbocycles. The van der Waals surface area contributed by atoms with Gasteiger partial charge in [0.15, 0.2) is 11.4 Å². The third kappa shape index (κ3) is 3.12. The van der Waals surface area contributed by atoms with Gasteiger partial charge in [0.05, 0.1) is 11.4 Å². The number of ether oxygens (including phenoxy) is 1. The van der Waals surface area contributed by atoms with E-state index in [9.17, 15) is 0 Å². The number of nitrogens with zero attached hydrogens (tertiary/aromatic N) is 2. The zero-order valence-corrected chi connectivity index (χ0v) is 13.3. The van der Waals surface area contributed by atoms with Gasteiger partial charge in [0.1, 0.15) is 6.61 Å². The molecule has 4 heteroatoms. The lowest BCUT2D eigenvalue weighted by Gasteiger charge is -2.07. The van der Waals surface area contributed by atoms with Crippen LogP contribution in [0.25, 0.3) is 16.9 Å². The zero-order chi connectivity index (χ0) is 16.2. The van der Waals surface area contributed by atoms with Gasteiger partial charge in [-0.2, -0.15) is 0 Å². The maximum Gasteiger partial charge on any atom is 0.180 e. The molecule has 23 heavy (non-hydrogen) atoms. The van der Waals surface area contributed by atoms with Gasteiger partial charge in [-0.25, -0.2) is 4.98 Å². The van der Waals surface area contributed by atoms with E-state index in [1.807, 2.05) is 43.5 Å². The van der Waals surface area contributed by atoms with Gasteiger partial charge in [0.2, 0.25) is 0 Å². The molecule has 1 aromatic carbocycles. The highest BCUT2D eigenvalue weighted by atomic mass is 16.5. The van der Waals surface area contributed by atoms with E-state index in [0.717, 1.165) is 40.3 Å². The van der Waals surface area contributed by atoms with Crippen LogP contribution >= 0.6 is 0 Å². The van der Waals surface area contributed by atoms with Gasteiger partial charge in [-0.15, -0.1) is 0 Å². The number of fused-ring (bicyclic) bond motifs is 1. The Balaban J connectivity index is 2.15. The molecule has 0 radical (unpaired) electrons. The molecule has 2 N–H and O–H groups in total. The molecule has 3 aromatic rings. The van der Waals surface area contributed by atoms with Crippen LogP contribution in [0.5, 0.6) is 5.75 Å². The summed E-state index contributed by atoms with van der Waals surface area (Å²) in [5.74, 6) is 0.760. The molecule has 3 rings (SSSR count). The highest BCUT2D eigenvalue weighted by Gasteiger charge is 2.16. The maximum absolute atomic E-state index is 5.85. The summed E-state index contributed by atoms with van der Waals surface area (Å²) in [6.07, 6.45) is 2.77. The van der Waals surface area contributed by atoms with Gasteiger partial charge in [0, 0.05) is 18.2 Å². The van der Waals surface area contributed by atoms with Gasteiger partial charge >= 0.3 is 0 Å². The third-order valence-electron chi connectivity index (χ3n) is 3.62. The van der Waals surface area contributed by atoms with Crippen molar-refractivity contribution < 1.29 is 4.74 Å². The lowest BCUT2D eigenvalue weighted by Crippen LogP contribution is -2.06. The number of hydrogen-bond acceptors (Lipinski definition) is 3. The van der Waals surface area contributed by atoms with Crippen molar-refractivity contribution in [1.29, 1.82) is 0 Å². The Bertz CT molecular complexity index is 821. The molecule has 0 fully saturated rings. The summed E-state index contributed by atoms with van der Waals surface area (Å²) in [5.41, 5.74) is 10.8. The predicted octanol–water partition coefficient (Wildman–Crippen LogP) is 3.46. The van der Waals surface area contributed by atoms with Crippen molar-refractivity contribution >= 4 is 5.65 Å². The number of imidazole rings is 1. The van der Waals surface area contributed by atoms with Crippen molar-refractivity contribution in [2.75, 3.05) is 13.2 Å². The average Bonchev–Trinajstić information content (AvgIpc) is 2.93. The second-order valence-corrected chi connectivity index (χ2v) is 5.62. The van der Waals surface area contributed by atoms with Crippen molar-refractivity contribution in [3.8, 4) is 17.0 Å². The topological polar surface area (TPSA) is 52.5 Å². The molecule has 2 aromatic heterocycles. The smallest absolute Gasteiger partial charge is 0.180 e. The van der Waals surface area contributed by atoms with E-state index >= 15 is 0 Å². The average molecular weight is 307 g/mol. The number of nitrogens with two attached hydrogens (primary N) is 1. The molecule has 0 saturated heterocycles. The second kappa shape index (κ2) is 6.67. The Hall–Kier alpha value is -2.59. The monoisotopic (exact) mass is 307 g/mol. The minimum atomic E-state index is 0.486. The Morgan fingerprint density at radius 3 is 2.70 bits per heavy atom. The first-order valence-corrected chi connectivity index (χ1v) is 7.73. The van der Waals surface area contributed by atoms with Gasteiger partial charge in [-0.1, -0.05) is 36.9 Å². The summed E-state index contributed by atoms with van der Waals surface area (Å²) < 4.78 is 7.92. The van der Waals surface area contributed by atoms with Gasteiger partial charge in [-0.3, -0.25) is 0 Å². The van der Waals surface area contributed by atoms with E-state index < -0.39 is 0 Å². The van der Waals surface area contributed by atoms with Gasteiger partial charge in [-0.05, 0) is 31.2 Å². The Morgan fingerprint density at radius 2 is 2.00 bits per heavy atom. The lowest BCUT2D eigenvalue weighted by molar-refractivity contribution is 0.354. The van der Waals surface area contributed by atoms with Crippen LogP contribution in [-0.4, -0.2) is 22.5 Å². The molecule has 0 amide bonds. The molecule has 0 spiro atoms. The minimum Gasteiger partial charge on any atom is -0.485 e. The van der Waals surface area contributed by atoms with Crippen LogP contribution in [0, 0.1) is 0 Å². The molecule has 2 heterocycles. The predicted molar refractivity (Wildman–Crippen MR) is 93.7 cm³/mol. The molecule has 0 atom stereocenters. The van der Waals surface area contributed by atoms with Crippen molar-refractivity contribution in [1.82, 2.24) is 9.38 Å².